The van der Waals surface area contributed by atoms with Crippen molar-refractivity contribution in [3.8, 4) is 11.1 Å². The van der Waals surface area contributed by atoms with Gasteiger partial charge in [0.1, 0.15) is 0 Å². The quantitative estimate of drug-likeness (QED) is 0.742. The van der Waals surface area contributed by atoms with Gasteiger partial charge in [-0.25, -0.2) is 0 Å². The molecular weight excluding hydrogens is 290 g/mol. The zero-order valence-electron chi connectivity index (χ0n) is 13.0. The second-order valence-electron chi connectivity index (χ2n) is 5.26. The summed E-state index contributed by atoms with van der Waals surface area (Å²) < 4.78 is 0. The molecule has 1 amide bonds. The minimum absolute atomic E-state index is 0.0547. The molecule has 0 aliphatic rings. The molecule has 22 heavy (non-hydrogen) atoms. The molecule has 0 bridgehead atoms. The predicted octanol–water partition coefficient (Wildman–Crippen LogP) is 4.16. The maximum absolute atomic E-state index is 10.7. The molecule has 3 heteroatoms. The zero-order chi connectivity index (χ0) is 15.6. The molecule has 0 aliphatic heterocycles. The summed E-state index contributed by atoms with van der Waals surface area (Å²) in [6.07, 6.45) is 2.29. The molecule has 116 valence electrons. The van der Waals surface area contributed by atoms with Crippen LogP contribution in [0.4, 0.5) is 0 Å². The maximum atomic E-state index is 10.7. The van der Waals surface area contributed by atoms with Gasteiger partial charge >= 0.3 is 0 Å². The summed E-state index contributed by atoms with van der Waals surface area (Å²) in [6.45, 7) is 2.33. The van der Waals surface area contributed by atoms with E-state index in [9.17, 15) is 4.79 Å². The van der Waals surface area contributed by atoms with E-state index in [1.165, 1.54) is 23.1 Å². The van der Waals surface area contributed by atoms with Crippen LogP contribution in [0.15, 0.2) is 54.6 Å². The third kappa shape index (κ3) is 5.94. The number of rotatable bonds is 8. The van der Waals surface area contributed by atoms with Gasteiger partial charge in [0, 0.05) is 19.2 Å². The van der Waals surface area contributed by atoms with E-state index in [1.54, 1.807) is 6.92 Å². The predicted molar refractivity (Wildman–Crippen MR) is 96.2 cm³/mol. The molecule has 2 rings (SSSR count). The first-order valence-corrected chi connectivity index (χ1v) is 8.88. The normalized spacial score (nSPS) is 10.4. The highest BCUT2D eigenvalue weighted by Crippen LogP contribution is 2.19. The number of carbonyl (C=O) groups excluding carboxylic acids is 1. The monoisotopic (exact) mass is 313 g/mol. The molecule has 0 aromatic heterocycles. The lowest BCUT2D eigenvalue weighted by Gasteiger charge is -2.05. The first-order valence-electron chi connectivity index (χ1n) is 7.72. The van der Waals surface area contributed by atoms with E-state index in [0.717, 1.165) is 24.5 Å². The molecule has 0 spiro atoms. The Morgan fingerprint density at radius 2 is 1.64 bits per heavy atom. The van der Waals surface area contributed by atoms with Crippen LogP contribution in [0.25, 0.3) is 11.1 Å². The molecule has 0 atom stereocenters. The highest BCUT2D eigenvalue weighted by atomic mass is 32.2. The largest absolute Gasteiger partial charge is 0.356 e. The van der Waals surface area contributed by atoms with Gasteiger partial charge in [-0.2, -0.15) is 11.8 Å². The van der Waals surface area contributed by atoms with Gasteiger partial charge in [-0.05, 0) is 35.3 Å². The van der Waals surface area contributed by atoms with E-state index < -0.39 is 0 Å². The number of thioether (sulfide) groups is 1. The van der Waals surface area contributed by atoms with Gasteiger partial charge in [-0.3, -0.25) is 4.79 Å². The topological polar surface area (TPSA) is 29.1 Å². The van der Waals surface area contributed by atoms with E-state index in [0.29, 0.717) is 0 Å². The van der Waals surface area contributed by atoms with Gasteiger partial charge in [0.05, 0.1) is 0 Å². The van der Waals surface area contributed by atoms with Crippen molar-refractivity contribution < 1.29 is 4.79 Å². The summed E-state index contributed by atoms with van der Waals surface area (Å²) in [7, 11) is 0. The van der Waals surface area contributed by atoms with E-state index in [-0.39, 0.29) is 5.91 Å². The Morgan fingerprint density at radius 3 is 2.32 bits per heavy atom. The molecule has 0 fully saturated rings. The molecule has 0 aliphatic carbocycles. The summed E-state index contributed by atoms with van der Waals surface area (Å²) in [6, 6.07) is 19.3. The second-order valence-corrected chi connectivity index (χ2v) is 6.49. The van der Waals surface area contributed by atoms with Crippen LogP contribution in [0.1, 0.15) is 18.9 Å². The van der Waals surface area contributed by atoms with E-state index in [4.69, 9.17) is 0 Å². The number of hydrogen-bond donors (Lipinski definition) is 1. The highest BCUT2D eigenvalue weighted by Gasteiger charge is 1.98. The Kier molecular flexibility index (Phi) is 7.04. The first-order chi connectivity index (χ1) is 10.8. The Balaban J connectivity index is 1.68. The van der Waals surface area contributed by atoms with Gasteiger partial charge < -0.3 is 5.32 Å². The summed E-state index contributed by atoms with van der Waals surface area (Å²) in [4.78, 5) is 10.7. The smallest absolute Gasteiger partial charge is 0.216 e. The fourth-order valence-electron chi connectivity index (χ4n) is 2.27. The Hall–Kier alpha value is -1.74. The summed E-state index contributed by atoms with van der Waals surface area (Å²) in [5, 5.41) is 2.82. The standard InChI is InChI=1S/C19H23NOS/c1-16(21)20-13-15-22-14-5-6-17-9-11-19(12-10-17)18-7-3-2-4-8-18/h2-4,7-12H,5-6,13-15H2,1H3,(H,20,21). The fraction of sp³-hybridized carbons (Fsp3) is 0.316. The van der Waals surface area contributed by atoms with E-state index in [1.807, 2.05) is 17.8 Å². The average Bonchev–Trinajstić information content (AvgIpc) is 2.55. The lowest BCUT2D eigenvalue weighted by molar-refractivity contribution is -0.118. The number of aryl methyl sites for hydroxylation is 1. The van der Waals surface area contributed by atoms with Crippen molar-refractivity contribution in [2.75, 3.05) is 18.1 Å². The van der Waals surface area contributed by atoms with Gasteiger partial charge in [-0.1, -0.05) is 54.6 Å². The molecule has 1 N–H and O–H groups in total. The van der Waals surface area contributed by atoms with Crippen LogP contribution in [0.5, 0.6) is 0 Å². The summed E-state index contributed by atoms with van der Waals surface area (Å²) in [5.74, 6) is 2.19. The average molecular weight is 313 g/mol. The van der Waals surface area contributed by atoms with Crippen molar-refractivity contribution in [3.05, 3.63) is 60.2 Å². The lowest BCUT2D eigenvalue weighted by atomic mass is 10.0. The number of benzene rings is 2. The Labute approximate surface area is 137 Å². The molecular formula is C19H23NOS. The number of nitrogens with one attached hydrogen (secondary N) is 1. The molecule has 2 aromatic carbocycles. The van der Waals surface area contributed by atoms with Crippen molar-refractivity contribution in [2.24, 2.45) is 0 Å². The molecule has 0 heterocycles. The Bertz CT molecular complexity index is 566. The first kappa shape index (κ1) is 16.6. The molecule has 0 radical (unpaired) electrons. The summed E-state index contributed by atoms with van der Waals surface area (Å²) >= 11 is 1.90. The van der Waals surface area contributed by atoms with E-state index >= 15 is 0 Å². The van der Waals surface area contributed by atoms with Crippen LogP contribution >= 0.6 is 11.8 Å². The van der Waals surface area contributed by atoms with Crippen molar-refractivity contribution in [1.29, 1.82) is 0 Å². The van der Waals surface area contributed by atoms with Gasteiger partial charge in [0.2, 0.25) is 5.91 Å². The van der Waals surface area contributed by atoms with Crippen molar-refractivity contribution >= 4 is 17.7 Å². The molecule has 0 saturated heterocycles. The molecule has 2 aromatic rings. The van der Waals surface area contributed by atoms with Gasteiger partial charge in [0.25, 0.3) is 0 Å². The number of amides is 1. The van der Waals surface area contributed by atoms with Crippen LogP contribution < -0.4 is 5.32 Å². The van der Waals surface area contributed by atoms with Crippen molar-refractivity contribution in [3.63, 3.8) is 0 Å². The highest BCUT2D eigenvalue weighted by molar-refractivity contribution is 7.99. The third-order valence-corrected chi connectivity index (χ3v) is 4.51. The van der Waals surface area contributed by atoms with Crippen LogP contribution in [0.2, 0.25) is 0 Å². The zero-order valence-corrected chi connectivity index (χ0v) is 13.9. The van der Waals surface area contributed by atoms with E-state index in [2.05, 4.69) is 53.8 Å². The maximum Gasteiger partial charge on any atom is 0.216 e. The van der Waals surface area contributed by atoms with Gasteiger partial charge in [-0.15, -0.1) is 0 Å². The minimum atomic E-state index is 0.0547. The lowest BCUT2D eigenvalue weighted by Crippen LogP contribution is -2.22. The van der Waals surface area contributed by atoms with Crippen LogP contribution in [0.3, 0.4) is 0 Å². The molecule has 0 unspecified atom stereocenters. The number of carbonyl (C=O) groups is 1. The van der Waals surface area contributed by atoms with Crippen LogP contribution in [0, 0.1) is 0 Å². The number of hydrogen-bond acceptors (Lipinski definition) is 2. The summed E-state index contributed by atoms with van der Waals surface area (Å²) in [5.41, 5.74) is 3.93. The third-order valence-electron chi connectivity index (χ3n) is 3.44. The fourth-order valence-corrected chi connectivity index (χ4v) is 3.07. The Morgan fingerprint density at radius 1 is 0.955 bits per heavy atom. The molecule has 0 saturated carbocycles. The molecule has 2 nitrogen and oxygen atoms in total. The second kappa shape index (κ2) is 9.31. The minimum Gasteiger partial charge on any atom is -0.356 e. The van der Waals surface area contributed by atoms with Crippen LogP contribution in [-0.4, -0.2) is 24.0 Å². The van der Waals surface area contributed by atoms with Crippen molar-refractivity contribution in [2.45, 2.75) is 19.8 Å². The SMILES string of the molecule is CC(=O)NCCSCCCc1ccc(-c2ccccc2)cc1. The van der Waals surface area contributed by atoms with Crippen LogP contribution in [-0.2, 0) is 11.2 Å². The van der Waals surface area contributed by atoms with Crippen molar-refractivity contribution in [1.82, 2.24) is 5.32 Å². The van der Waals surface area contributed by atoms with Gasteiger partial charge in [0.15, 0.2) is 0 Å².